The number of para-hydroxylation sites is 1. The third kappa shape index (κ3) is 3.13. The molecule has 1 N–H and O–H groups in total. The number of hydrogen-bond donors (Lipinski definition) is 1. The number of nitrogens with zero attached hydrogens (tertiary/aromatic N) is 2. The number of thiazole rings is 1. The molecule has 5 nitrogen and oxygen atoms in total. The summed E-state index contributed by atoms with van der Waals surface area (Å²) in [5.41, 5.74) is 4.31. The normalized spacial score (nSPS) is 12.7. The highest BCUT2D eigenvalue weighted by Gasteiger charge is 2.15. The quantitative estimate of drug-likeness (QED) is 0.675. The summed E-state index contributed by atoms with van der Waals surface area (Å²) in [7, 11) is 0. The Hall–Kier alpha value is -3.30. The number of nitriles is 1. The highest BCUT2D eigenvalue weighted by Crippen LogP contribution is 2.36. The van der Waals surface area contributed by atoms with Crippen LogP contribution in [0, 0.1) is 18.3 Å². The maximum atomic E-state index is 9.51. The standard InChI is InChI=1S/C20H15N3O2S/c1-13-4-2-3-5-16(13)22-10-15(9-21)20-23-17(11-26-20)14-6-7-18-19(8-14)25-12-24-18/h2-8,10-11,22H,12H2,1H3. The van der Waals surface area contributed by atoms with E-state index in [0.717, 1.165) is 28.3 Å². The first kappa shape index (κ1) is 16.2. The summed E-state index contributed by atoms with van der Waals surface area (Å²) in [6.07, 6.45) is 1.70. The fourth-order valence-corrected chi connectivity index (χ4v) is 3.41. The number of aromatic nitrogens is 1. The monoisotopic (exact) mass is 361 g/mol. The van der Waals surface area contributed by atoms with Crippen LogP contribution in [0.1, 0.15) is 10.6 Å². The van der Waals surface area contributed by atoms with Crippen LogP contribution in [0.3, 0.4) is 0 Å². The first-order chi connectivity index (χ1) is 12.7. The maximum Gasteiger partial charge on any atom is 0.231 e. The Morgan fingerprint density at radius 1 is 1.23 bits per heavy atom. The van der Waals surface area contributed by atoms with Gasteiger partial charge < -0.3 is 14.8 Å². The van der Waals surface area contributed by atoms with Crippen molar-refractivity contribution in [1.29, 1.82) is 5.26 Å². The fraction of sp³-hybridized carbons (Fsp3) is 0.100. The van der Waals surface area contributed by atoms with E-state index in [1.54, 1.807) is 6.20 Å². The van der Waals surface area contributed by atoms with Crippen LogP contribution in [0.5, 0.6) is 11.5 Å². The van der Waals surface area contributed by atoms with Crippen LogP contribution in [0.15, 0.2) is 54.0 Å². The molecule has 0 saturated heterocycles. The SMILES string of the molecule is Cc1ccccc1NC=C(C#N)c1nc(-c2ccc3c(c2)OCO3)cs1. The van der Waals surface area contributed by atoms with E-state index >= 15 is 0 Å². The number of nitrogens with one attached hydrogen (secondary N) is 1. The van der Waals surface area contributed by atoms with Gasteiger partial charge in [0.2, 0.25) is 6.79 Å². The van der Waals surface area contributed by atoms with Crippen LogP contribution in [0.25, 0.3) is 16.8 Å². The molecule has 1 aromatic heterocycles. The van der Waals surface area contributed by atoms with Gasteiger partial charge in [-0.3, -0.25) is 0 Å². The number of rotatable bonds is 4. The zero-order valence-corrected chi connectivity index (χ0v) is 14.8. The summed E-state index contributed by atoms with van der Waals surface area (Å²) < 4.78 is 10.7. The lowest BCUT2D eigenvalue weighted by molar-refractivity contribution is 0.174. The number of allylic oxidation sites excluding steroid dienone is 1. The molecule has 0 radical (unpaired) electrons. The summed E-state index contributed by atoms with van der Waals surface area (Å²) >= 11 is 1.44. The molecule has 6 heteroatoms. The van der Waals surface area contributed by atoms with E-state index in [2.05, 4.69) is 16.4 Å². The van der Waals surface area contributed by atoms with Crippen molar-refractivity contribution in [1.82, 2.24) is 4.98 Å². The lowest BCUT2D eigenvalue weighted by Gasteiger charge is -2.04. The van der Waals surface area contributed by atoms with Crippen molar-refractivity contribution in [2.75, 3.05) is 12.1 Å². The Morgan fingerprint density at radius 2 is 2.08 bits per heavy atom. The highest BCUT2D eigenvalue weighted by molar-refractivity contribution is 7.11. The molecule has 1 aliphatic heterocycles. The average Bonchev–Trinajstić information content (AvgIpc) is 3.32. The zero-order valence-electron chi connectivity index (χ0n) is 14.0. The molecular formula is C20H15N3O2S. The zero-order chi connectivity index (χ0) is 17.9. The molecule has 128 valence electrons. The van der Waals surface area contributed by atoms with Gasteiger partial charge in [-0.1, -0.05) is 18.2 Å². The summed E-state index contributed by atoms with van der Waals surface area (Å²) in [6, 6.07) is 15.9. The Bertz CT molecular complexity index is 1030. The number of aryl methyl sites for hydroxylation is 1. The molecule has 0 atom stereocenters. The smallest absolute Gasteiger partial charge is 0.231 e. The van der Waals surface area contributed by atoms with Crippen LogP contribution >= 0.6 is 11.3 Å². The van der Waals surface area contributed by atoms with Gasteiger partial charge in [0.05, 0.1) is 5.69 Å². The van der Waals surface area contributed by atoms with Crippen LogP contribution in [-0.4, -0.2) is 11.8 Å². The summed E-state index contributed by atoms with van der Waals surface area (Å²) in [5.74, 6) is 1.46. The highest BCUT2D eigenvalue weighted by atomic mass is 32.1. The van der Waals surface area contributed by atoms with E-state index in [4.69, 9.17) is 9.47 Å². The molecule has 0 bridgehead atoms. The predicted octanol–water partition coefficient (Wildman–Crippen LogP) is 4.82. The Morgan fingerprint density at radius 3 is 2.92 bits per heavy atom. The number of fused-ring (bicyclic) bond motifs is 1. The van der Waals surface area contributed by atoms with Crippen LogP contribution < -0.4 is 14.8 Å². The van der Waals surface area contributed by atoms with Crippen molar-refractivity contribution < 1.29 is 9.47 Å². The van der Waals surface area contributed by atoms with Crippen molar-refractivity contribution in [3.8, 4) is 28.8 Å². The second kappa shape index (κ2) is 6.90. The largest absolute Gasteiger partial charge is 0.454 e. The summed E-state index contributed by atoms with van der Waals surface area (Å²) in [4.78, 5) is 4.60. The molecule has 0 aliphatic carbocycles. The van der Waals surface area contributed by atoms with Gasteiger partial charge in [0.25, 0.3) is 0 Å². The van der Waals surface area contributed by atoms with E-state index in [9.17, 15) is 5.26 Å². The van der Waals surface area contributed by atoms with Crippen molar-refractivity contribution >= 4 is 22.6 Å². The predicted molar refractivity (Wildman–Crippen MR) is 102 cm³/mol. The average molecular weight is 361 g/mol. The lowest BCUT2D eigenvalue weighted by Crippen LogP contribution is -1.93. The van der Waals surface area contributed by atoms with Gasteiger partial charge in [0.1, 0.15) is 16.6 Å². The first-order valence-electron chi connectivity index (χ1n) is 8.03. The van der Waals surface area contributed by atoms with Gasteiger partial charge in [0, 0.05) is 22.8 Å². The van der Waals surface area contributed by atoms with E-state index in [-0.39, 0.29) is 6.79 Å². The summed E-state index contributed by atoms with van der Waals surface area (Å²) in [6.45, 7) is 2.26. The third-order valence-corrected chi connectivity index (χ3v) is 4.92. The van der Waals surface area contributed by atoms with E-state index in [0.29, 0.717) is 16.3 Å². The minimum absolute atomic E-state index is 0.243. The van der Waals surface area contributed by atoms with Gasteiger partial charge in [-0.05, 0) is 36.8 Å². The van der Waals surface area contributed by atoms with Gasteiger partial charge in [-0.2, -0.15) is 5.26 Å². The minimum Gasteiger partial charge on any atom is -0.454 e. The molecule has 0 saturated carbocycles. The molecule has 0 unspecified atom stereocenters. The maximum absolute atomic E-state index is 9.51. The minimum atomic E-state index is 0.243. The van der Waals surface area contributed by atoms with Crippen LogP contribution in [-0.2, 0) is 0 Å². The number of benzene rings is 2. The molecule has 0 fully saturated rings. The first-order valence-corrected chi connectivity index (χ1v) is 8.91. The third-order valence-electron chi connectivity index (χ3n) is 4.04. The van der Waals surface area contributed by atoms with Gasteiger partial charge >= 0.3 is 0 Å². The number of anilines is 1. The van der Waals surface area contributed by atoms with E-state index in [1.165, 1.54) is 11.3 Å². The lowest BCUT2D eigenvalue weighted by atomic mass is 10.1. The molecular weight excluding hydrogens is 346 g/mol. The van der Waals surface area contributed by atoms with Gasteiger partial charge in [-0.15, -0.1) is 11.3 Å². The molecule has 4 rings (SSSR count). The Labute approximate surface area is 155 Å². The van der Waals surface area contributed by atoms with Gasteiger partial charge in [-0.25, -0.2) is 4.98 Å². The van der Waals surface area contributed by atoms with E-state index < -0.39 is 0 Å². The van der Waals surface area contributed by atoms with Crippen molar-refractivity contribution in [3.63, 3.8) is 0 Å². The Kier molecular flexibility index (Phi) is 4.30. The Balaban J connectivity index is 1.59. The van der Waals surface area contributed by atoms with Gasteiger partial charge in [0.15, 0.2) is 11.5 Å². The molecule has 0 amide bonds. The molecule has 2 aromatic carbocycles. The second-order valence-corrected chi connectivity index (χ2v) is 6.59. The second-order valence-electron chi connectivity index (χ2n) is 5.74. The van der Waals surface area contributed by atoms with Crippen LogP contribution in [0.2, 0.25) is 0 Å². The topological polar surface area (TPSA) is 67.2 Å². The van der Waals surface area contributed by atoms with Crippen LogP contribution in [0.4, 0.5) is 5.69 Å². The molecule has 2 heterocycles. The molecule has 0 spiro atoms. The van der Waals surface area contributed by atoms with E-state index in [1.807, 2.05) is 54.8 Å². The van der Waals surface area contributed by atoms with Crippen molar-refractivity contribution in [2.24, 2.45) is 0 Å². The fourth-order valence-electron chi connectivity index (χ4n) is 2.61. The number of hydrogen-bond acceptors (Lipinski definition) is 6. The molecule has 1 aliphatic rings. The molecule has 3 aromatic rings. The number of ether oxygens (including phenoxy) is 2. The van der Waals surface area contributed by atoms with Crippen molar-refractivity contribution in [2.45, 2.75) is 6.92 Å². The molecule has 26 heavy (non-hydrogen) atoms. The summed E-state index contributed by atoms with van der Waals surface area (Å²) in [5, 5.41) is 15.3. The van der Waals surface area contributed by atoms with Crippen molar-refractivity contribution in [3.05, 3.63) is 64.6 Å².